The first-order valence-electron chi connectivity index (χ1n) is 4.47. The van der Waals surface area contributed by atoms with E-state index in [0.29, 0.717) is 5.56 Å². The van der Waals surface area contributed by atoms with Gasteiger partial charge in [-0.25, -0.2) is 4.79 Å². The van der Waals surface area contributed by atoms with Crippen molar-refractivity contribution in [3.05, 3.63) is 41.0 Å². The summed E-state index contributed by atoms with van der Waals surface area (Å²) in [6.45, 7) is 3.99. The monoisotopic (exact) mass is 190 g/mol. The summed E-state index contributed by atoms with van der Waals surface area (Å²) in [5, 5.41) is 0. The molecule has 0 spiro atoms. The average Bonchev–Trinajstić information content (AvgIpc) is 2.16. The summed E-state index contributed by atoms with van der Waals surface area (Å²) in [6.07, 6.45) is 1.96. The third kappa shape index (κ3) is 2.46. The second-order valence-electron chi connectivity index (χ2n) is 3.30. The smallest absolute Gasteiger partial charge is 0.338 e. The van der Waals surface area contributed by atoms with Gasteiger partial charge in [0, 0.05) is 0 Å². The molecule has 0 radical (unpaired) electrons. The number of benzene rings is 1. The van der Waals surface area contributed by atoms with E-state index in [9.17, 15) is 4.79 Å². The van der Waals surface area contributed by atoms with Crippen LogP contribution in [0.2, 0.25) is 0 Å². The molecule has 1 aromatic carbocycles. The first-order chi connectivity index (χ1) is 6.65. The number of rotatable bonds is 2. The molecule has 2 nitrogen and oxygen atoms in total. The van der Waals surface area contributed by atoms with E-state index in [2.05, 4.69) is 0 Å². The van der Waals surface area contributed by atoms with Crippen LogP contribution in [0.1, 0.15) is 29.8 Å². The Balaban J connectivity index is 3.16. The molecule has 1 rings (SSSR count). The highest BCUT2D eigenvalue weighted by atomic mass is 16.5. The third-order valence-corrected chi connectivity index (χ3v) is 1.81. The molecule has 0 fully saturated rings. The van der Waals surface area contributed by atoms with Gasteiger partial charge >= 0.3 is 5.97 Å². The number of hydrogen-bond donors (Lipinski definition) is 0. The fourth-order valence-corrected chi connectivity index (χ4v) is 1.23. The van der Waals surface area contributed by atoms with E-state index in [4.69, 9.17) is 4.74 Å². The van der Waals surface area contributed by atoms with Crippen molar-refractivity contribution >= 4 is 12.0 Å². The van der Waals surface area contributed by atoms with E-state index in [0.717, 1.165) is 11.1 Å². The van der Waals surface area contributed by atoms with Crippen LogP contribution in [0, 0.1) is 0 Å². The molecule has 0 saturated carbocycles. The maximum Gasteiger partial charge on any atom is 0.338 e. The Hall–Kier alpha value is -1.57. The van der Waals surface area contributed by atoms with Crippen LogP contribution < -0.4 is 0 Å². The lowest BCUT2D eigenvalue weighted by Crippen LogP contribution is -2.03. The Morgan fingerprint density at radius 3 is 2.50 bits per heavy atom. The van der Waals surface area contributed by atoms with Gasteiger partial charge in [0.25, 0.3) is 0 Å². The number of methoxy groups -OCH3 is 1. The molecule has 0 aromatic heterocycles. The third-order valence-electron chi connectivity index (χ3n) is 1.81. The van der Waals surface area contributed by atoms with Gasteiger partial charge in [-0.15, -0.1) is 0 Å². The van der Waals surface area contributed by atoms with Crippen molar-refractivity contribution in [2.75, 3.05) is 7.11 Å². The van der Waals surface area contributed by atoms with Gasteiger partial charge in [0.1, 0.15) is 0 Å². The minimum Gasteiger partial charge on any atom is -0.465 e. The summed E-state index contributed by atoms with van der Waals surface area (Å²) in [5.74, 6) is -0.293. The zero-order chi connectivity index (χ0) is 10.6. The minimum absolute atomic E-state index is 0.293. The highest BCUT2D eigenvalue weighted by Gasteiger charge is 2.08. The lowest BCUT2D eigenvalue weighted by Gasteiger charge is -2.03. The summed E-state index contributed by atoms with van der Waals surface area (Å²) in [6, 6.07) is 7.40. The Bertz CT molecular complexity index is 360. The number of allylic oxidation sites excluding steroid dienone is 1. The summed E-state index contributed by atoms with van der Waals surface area (Å²) < 4.78 is 4.69. The van der Waals surface area contributed by atoms with E-state index in [1.54, 1.807) is 6.07 Å². The lowest BCUT2D eigenvalue weighted by atomic mass is 10.1. The van der Waals surface area contributed by atoms with E-state index in [1.165, 1.54) is 7.11 Å². The normalized spacial score (nSPS) is 9.36. The van der Waals surface area contributed by atoms with Gasteiger partial charge in [-0.1, -0.05) is 29.8 Å². The Labute approximate surface area is 84.2 Å². The van der Waals surface area contributed by atoms with Crippen molar-refractivity contribution in [3.63, 3.8) is 0 Å². The SMILES string of the molecule is COC(=O)c1ccccc1C=C(C)C. The summed E-state index contributed by atoms with van der Waals surface area (Å²) in [5.41, 5.74) is 2.66. The summed E-state index contributed by atoms with van der Waals surface area (Å²) in [7, 11) is 1.39. The standard InChI is InChI=1S/C12H14O2/c1-9(2)8-10-6-4-5-7-11(10)12(13)14-3/h4-8H,1-3H3. The number of esters is 1. The zero-order valence-electron chi connectivity index (χ0n) is 8.70. The molecule has 2 heteroatoms. The fourth-order valence-electron chi connectivity index (χ4n) is 1.23. The number of hydrogen-bond acceptors (Lipinski definition) is 2. The number of carbonyl (C=O) groups excluding carboxylic acids is 1. The van der Waals surface area contributed by atoms with Crippen LogP contribution >= 0.6 is 0 Å². The van der Waals surface area contributed by atoms with Crippen LogP contribution in [0.3, 0.4) is 0 Å². The van der Waals surface area contributed by atoms with Crippen LogP contribution in [0.5, 0.6) is 0 Å². The predicted molar refractivity (Wildman–Crippen MR) is 57.1 cm³/mol. The second-order valence-corrected chi connectivity index (χ2v) is 3.30. The van der Waals surface area contributed by atoms with Crippen molar-refractivity contribution in [2.45, 2.75) is 13.8 Å². The van der Waals surface area contributed by atoms with Gasteiger partial charge in [-0.05, 0) is 25.5 Å². The molecule has 0 aliphatic rings. The van der Waals surface area contributed by atoms with Crippen LogP contribution in [-0.2, 0) is 4.74 Å². The van der Waals surface area contributed by atoms with Crippen LogP contribution in [-0.4, -0.2) is 13.1 Å². The van der Waals surface area contributed by atoms with Crippen molar-refractivity contribution in [1.82, 2.24) is 0 Å². The molecule has 0 aliphatic carbocycles. The molecule has 0 saturated heterocycles. The Kier molecular flexibility index (Phi) is 3.46. The van der Waals surface area contributed by atoms with Gasteiger partial charge < -0.3 is 4.74 Å². The molecular formula is C12H14O2. The summed E-state index contributed by atoms with van der Waals surface area (Å²) in [4.78, 5) is 11.4. The van der Waals surface area contributed by atoms with Crippen molar-refractivity contribution < 1.29 is 9.53 Å². The van der Waals surface area contributed by atoms with Crippen molar-refractivity contribution in [2.24, 2.45) is 0 Å². The van der Waals surface area contributed by atoms with Gasteiger partial charge in [0.15, 0.2) is 0 Å². The first-order valence-corrected chi connectivity index (χ1v) is 4.47. The van der Waals surface area contributed by atoms with Crippen molar-refractivity contribution in [3.8, 4) is 0 Å². The first kappa shape index (κ1) is 10.5. The summed E-state index contributed by atoms with van der Waals surface area (Å²) >= 11 is 0. The number of carbonyl (C=O) groups is 1. The lowest BCUT2D eigenvalue weighted by molar-refractivity contribution is 0.0600. The molecule has 0 heterocycles. The van der Waals surface area contributed by atoms with Gasteiger partial charge in [-0.3, -0.25) is 0 Å². The van der Waals surface area contributed by atoms with Gasteiger partial charge in [-0.2, -0.15) is 0 Å². The molecule has 0 bridgehead atoms. The molecule has 0 aliphatic heterocycles. The van der Waals surface area contributed by atoms with E-state index in [1.807, 2.05) is 38.1 Å². The predicted octanol–water partition coefficient (Wildman–Crippen LogP) is 2.90. The molecule has 74 valence electrons. The number of ether oxygens (including phenoxy) is 1. The molecule has 0 N–H and O–H groups in total. The fraction of sp³-hybridized carbons (Fsp3) is 0.250. The van der Waals surface area contributed by atoms with Crippen LogP contribution in [0.15, 0.2) is 29.8 Å². The van der Waals surface area contributed by atoms with E-state index >= 15 is 0 Å². The van der Waals surface area contributed by atoms with Crippen LogP contribution in [0.25, 0.3) is 6.08 Å². The van der Waals surface area contributed by atoms with Gasteiger partial charge in [0.05, 0.1) is 12.7 Å². The molecule has 14 heavy (non-hydrogen) atoms. The quantitative estimate of drug-likeness (QED) is 0.670. The topological polar surface area (TPSA) is 26.3 Å². The highest BCUT2D eigenvalue weighted by Crippen LogP contribution is 2.13. The molecule has 1 aromatic rings. The highest BCUT2D eigenvalue weighted by molar-refractivity contribution is 5.93. The second kappa shape index (κ2) is 4.61. The Morgan fingerprint density at radius 2 is 1.93 bits per heavy atom. The van der Waals surface area contributed by atoms with Gasteiger partial charge in [0.2, 0.25) is 0 Å². The zero-order valence-corrected chi connectivity index (χ0v) is 8.70. The van der Waals surface area contributed by atoms with E-state index < -0.39 is 0 Å². The molecular weight excluding hydrogens is 176 g/mol. The Morgan fingerprint density at radius 1 is 1.29 bits per heavy atom. The van der Waals surface area contributed by atoms with Crippen molar-refractivity contribution in [1.29, 1.82) is 0 Å². The maximum atomic E-state index is 11.4. The van der Waals surface area contributed by atoms with Crippen LogP contribution in [0.4, 0.5) is 0 Å². The molecule has 0 atom stereocenters. The largest absolute Gasteiger partial charge is 0.465 e. The average molecular weight is 190 g/mol. The minimum atomic E-state index is -0.293. The molecule has 0 amide bonds. The maximum absolute atomic E-state index is 11.4. The van der Waals surface area contributed by atoms with E-state index in [-0.39, 0.29) is 5.97 Å². The molecule has 0 unspecified atom stereocenters.